The van der Waals surface area contributed by atoms with E-state index in [0.29, 0.717) is 5.56 Å². The van der Waals surface area contributed by atoms with Crippen LogP contribution < -0.4 is 10.1 Å². The summed E-state index contributed by atoms with van der Waals surface area (Å²) in [7, 11) is 2.56. The maximum atomic E-state index is 13.7. The van der Waals surface area contributed by atoms with E-state index in [1.165, 1.54) is 32.4 Å². The summed E-state index contributed by atoms with van der Waals surface area (Å²) in [5.41, 5.74) is -1.99. The predicted molar refractivity (Wildman–Crippen MR) is 77.4 cm³/mol. The van der Waals surface area contributed by atoms with Crippen molar-refractivity contribution in [3.8, 4) is 5.75 Å². The van der Waals surface area contributed by atoms with Gasteiger partial charge in [-0.1, -0.05) is 6.07 Å². The summed E-state index contributed by atoms with van der Waals surface area (Å²) in [5, 5.41) is 11.4. The smallest absolute Gasteiger partial charge is 0.351 e. The van der Waals surface area contributed by atoms with Gasteiger partial charge in [0.15, 0.2) is 0 Å². The quantitative estimate of drug-likeness (QED) is 0.772. The summed E-state index contributed by atoms with van der Waals surface area (Å²) < 4.78 is 36.9. The molecule has 0 aliphatic rings. The van der Waals surface area contributed by atoms with Crippen molar-refractivity contribution in [1.29, 1.82) is 0 Å². The number of amides is 1. The monoisotopic (exact) mass is 331 g/mol. The third kappa shape index (κ3) is 4.16. The number of rotatable bonds is 6. The van der Waals surface area contributed by atoms with Crippen LogP contribution >= 0.6 is 0 Å². The van der Waals surface area contributed by atoms with Crippen LogP contribution in [0.25, 0.3) is 0 Å². The maximum absolute atomic E-state index is 13.7. The van der Waals surface area contributed by atoms with Gasteiger partial charge in [0.1, 0.15) is 16.9 Å². The molecule has 0 saturated heterocycles. The fraction of sp³-hybridized carbons (Fsp3) is 0.467. The second-order valence-electron chi connectivity index (χ2n) is 5.34. The molecule has 0 bridgehead atoms. The molecule has 2 N–H and O–H groups in total. The van der Waals surface area contributed by atoms with E-state index in [-0.39, 0.29) is 17.9 Å². The van der Waals surface area contributed by atoms with Crippen molar-refractivity contribution < 1.29 is 33.0 Å². The van der Waals surface area contributed by atoms with Gasteiger partial charge in [0.2, 0.25) is 0 Å². The van der Waals surface area contributed by atoms with Crippen molar-refractivity contribution in [2.24, 2.45) is 0 Å². The average Bonchev–Trinajstić information content (AvgIpc) is 2.50. The molecule has 0 aromatic heterocycles. The standard InChI is InChI=1S/C15H19F2NO5/c1-14(2,21)15(16,17)13(20)18-8-9-5-6-11(22-3)10(7-9)12(19)23-4/h5-7,21H,8H2,1-4H3,(H,18,20). The molecule has 0 fully saturated rings. The van der Waals surface area contributed by atoms with Crippen molar-refractivity contribution in [2.45, 2.75) is 31.9 Å². The zero-order chi connectivity index (χ0) is 17.8. The van der Waals surface area contributed by atoms with Crippen LogP contribution in [0.4, 0.5) is 8.78 Å². The number of ether oxygens (including phenoxy) is 2. The lowest BCUT2D eigenvalue weighted by Gasteiger charge is -2.27. The highest BCUT2D eigenvalue weighted by atomic mass is 19.3. The van der Waals surface area contributed by atoms with Gasteiger partial charge < -0.3 is 19.9 Å². The third-order valence-corrected chi connectivity index (χ3v) is 3.18. The number of esters is 1. The minimum absolute atomic E-state index is 0.107. The zero-order valence-corrected chi connectivity index (χ0v) is 13.3. The molecule has 0 heterocycles. The number of halogens is 2. The fourth-order valence-electron chi connectivity index (χ4n) is 1.71. The van der Waals surface area contributed by atoms with Gasteiger partial charge in [-0.05, 0) is 31.5 Å². The number of carbonyl (C=O) groups excluding carboxylic acids is 2. The molecular formula is C15H19F2NO5. The maximum Gasteiger partial charge on any atom is 0.351 e. The van der Waals surface area contributed by atoms with Gasteiger partial charge in [0, 0.05) is 6.54 Å². The van der Waals surface area contributed by atoms with Crippen LogP contribution in [0.5, 0.6) is 5.75 Å². The van der Waals surface area contributed by atoms with E-state index in [9.17, 15) is 23.5 Å². The van der Waals surface area contributed by atoms with Gasteiger partial charge in [0.25, 0.3) is 5.91 Å². The summed E-state index contributed by atoms with van der Waals surface area (Å²) in [6.45, 7) is 1.43. The van der Waals surface area contributed by atoms with Crippen LogP contribution in [-0.4, -0.2) is 42.7 Å². The molecule has 1 aromatic carbocycles. The van der Waals surface area contributed by atoms with Crippen LogP contribution in [0.3, 0.4) is 0 Å². The fourth-order valence-corrected chi connectivity index (χ4v) is 1.71. The highest BCUT2D eigenvalue weighted by Crippen LogP contribution is 2.28. The Balaban J connectivity index is 2.91. The van der Waals surface area contributed by atoms with Crippen molar-refractivity contribution in [1.82, 2.24) is 5.32 Å². The van der Waals surface area contributed by atoms with Crippen LogP contribution in [-0.2, 0) is 16.1 Å². The minimum Gasteiger partial charge on any atom is -0.496 e. The first-order valence-corrected chi connectivity index (χ1v) is 6.68. The number of benzene rings is 1. The molecule has 0 saturated carbocycles. The van der Waals surface area contributed by atoms with Crippen LogP contribution in [0.1, 0.15) is 29.8 Å². The molecule has 23 heavy (non-hydrogen) atoms. The number of aliphatic hydroxyl groups is 1. The summed E-state index contributed by atoms with van der Waals surface area (Å²) in [4.78, 5) is 23.2. The first-order valence-electron chi connectivity index (χ1n) is 6.68. The van der Waals surface area contributed by atoms with E-state index < -0.39 is 23.4 Å². The summed E-state index contributed by atoms with van der Waals surface area (Å²) in [6, 6.07) is 4.34. The van der Waals surface area contributed by atoms with Crippen molar-refractivity contribution >= 4 is 11.9 Å². The second kappa shape index (κ2) is 6.91. The molecule has 0 unspecified atom stereocenters. The first-order chi connectivity index (χ1) is 10.5. The lowest BCUT2D eigenvalue weighted by molar-refractivity contribution is -0.182. The Bertz CT molecular complexity index is 596. The van der Waals surface area contributed by atoms with E-state index in [4.69, 9.17) is 4.74 Å². The van der Waals surface area contributed by atoms with E-state index >= 15 is 0 Å². The molecule has 6 nitrogen and oxygen atoms in total. The highest BCUT2D eigenvalue weighted by Gasteiger charge is 2.52. The van der Waals surface area contributed by atoms with Gasteiger partial charge in [-0.3, -0.25) is 4.79 Å². The van der Waals surface area contributed by atoms with E-state index in [1.54, 1.807) is 0 Å². The topological polar surface area (TPSA) is 84.9 Å². The Morgan fingerprint density at radius 1 is 1.26 bits per heavy atom. The lowest BCUT2D eigenvalue weighted by Crippen LogP contribution is -2.53. The average molecular weight is 331 g/mol. The second-order valence-corrected chi connectivity index (χ2v) is 5.34. The van der Waals surface area contributed by atoms with E-state index in [1.807, 2.05) is 5.32 Å². The Hall–Kier alpha value is -2.22. The Kier molecular flexibility index (Phi) is 5.65. The molecule has 1 aromatic rings. The van der Waals surface area contributed by atoms with Gasteiger partial charge in [-0.25, -0.2) is 4.79 Å². The van der Waals surface area contributed by atoms with Crippen LogP contribution in [0.15, 0.2) is 18.2 Å². The Morgan fingerprint density at radius 3 is 2.35 bits per heavy atom. The largest absolute Gasteiger partial charge is 0.496 e. The summed E-state index contributed by atoms with van der Waals surface area (Å²) >= 11 is 0. The number of hydrogen-bond donors (Lipinski definition) is 2. The lowest BCUT2D eigenvalue weighted by atomic mass is 10.00. The SMILES string of the molecule is COC(=O)c1cc(CNC(=O)C(F)(F)C(C)(C)O)ccc1OC. The molecule has 0 aliphatic carbocycles. The zero-order valence-electron chi connectivity index (χ0n) is 13.3. The molecule has 0 radical (unpaired) electrons. The van der Waals surface area contributed by atoms with E-state index in [2.05, 4.69) is 4.74 Å². The molecule has 0 aliphatic heterocycles. The highest BCUT2D eigenvalue weighted by molar-refractivity contribution is 5.92. The van der Waals surface area contributed by atoms with Crippen molar-refractivity contribution in [2.75, 3.05) is 14.2 Å². The number of hydrogen-bond acceptors (Lipinski definition) is 5. The van der Waals surface area contributed by atoms with Crippen LogP contribution in [0, 0.1) is 0 Å². The van der Waals surface area contributed by atoms with Gasteiger partial charge >= 0.3 is 11.9 Å². The number of methoxy groups -OCH3 is 2. The number of carbonyl (C=O) groups is 2. The molecule has 0 spiro atoms. The number of nitrogens with one attached hydrogen (secondary N) is 1. The molecule has 1 amide bonds. The third-order valence-electron chi connectivity index (χ3n) is 3.18. The molecule has 1 rings (SSSR count). The summed E-state index contributed by atoms with van der Waals surface area (Å²) in [6.07, 6.45) is 0. The van der Waals surface area contributed by atoms with Crippen molar-refractivity contribution in [3.63, 3.8) is 0 Å². The van der Waals surface area contributed by atoms with Gasteiger partial charge in [-0.2, -0.15) is 8.78 Å². The Morgan fingerprint density at radius 2 is 1.87 bits per heavy atom. The van der Waals surface area contributed by atoms with Crippen molar-refractivity contribution in [3.05, 3.63) is 29.3 Å². The normalized spacial score (nSPS) is 11.8. The molecular weight excluding hydrogens is 312 g/mol. The van der Waals surface area contributed by atoms with E-state index in [0.717, 1.165) is 13.8 Å². The minimum atomic E-state index is -3.95. The van der Waals surface area contributed by atoms with Gasteiger partial charge in [-0.15, -0.1) is 0 Å². The molecule has 0 atom stereocenters. The molecule has 8 heteroatoms. The Labute approximate surface area is 132 Å². The summed E-state index contributed by atoms with van der Waals surface area (Å²) in [5.74, 6) is -5.96. The molecule has 128 valence electrons. The van der Waals surface area contributed by atoms with Gasteiger partial charge in [0.05, 0.1) is 14.2 Å². The first kappa shape index (κ1) is 18.8. The predicted octanol–water partition coefficient (Wildman–Crippen LogP) is 1.50. The number of alkyl halides is 2. The van der Waals surface area contributed by atoms with Crippen LogP contribution in [0.2, 0.25) is 0 Å².